The monoisotopic (exact) mass is 251 g/mol. The molecule has 2 atom stereocenters. The maximum atomic E-state index is 9.80. The summed E-state index contributed by atoms with van der Waals surface area (Å²) in [6, 6.07) is 10.5. The fraction of sp³-hybridized carbons (Fsp3) is 0.600. The van der Waals surface area contributed by atoms with E-state index in [1.807, 2.05) is 18.2 Å². The molecule has 0 bridgehead atoms. The van der Waals surface area contributed by atoms with Crippen LogP contribution >= 0.6 is 0 Å². The van der Waals surface area contributed by atoms with Crippen LogP contribution in [0.3, 0.4) is 0 Å². The summed E-state index contributed by atoms with van der Waals surface area (Å²) >= 11 is 0. The first kappa shape index (κ1) is 15.2. The molecule has 0 aliphatic rings. The summed E-state index contributed by atoms with van der Waals surface area (Å²) in [6.45, 7) is 7.16. The van der Waals surface area contributed by atoms with E-state index in [0.717, 1.165) is 6.42 Å². The number of hydrogen-bond donors (Lipinski definition) is 2. The van der Waals surface area contributed by atoms with E-state index in [0.29, 0.717) is 19.2 Å². The van der Waals surface area contributed by atoms with Crippen LogP contribution < -0.4 is 5.32 Å². The summed E-state index contributed by atoms with van der Waals surface area (Å²) in [5.74, 6) is 0. The fourth-order valence-electron chi connectivity index (χ4n) is 1.78. The van der Waals surface area contributed by atoms with Crippen LogP contribution in [0.25, 0.3) is 0 Å². The van der Waals surface area contributed by atoms with Crippen molar-refractivity contribution in [1.82, 2.24) is 5.32 Å². The van der Waals surface area contributed by atoms with Gasteiger partial charge in [0.1, 0.15) is 0 Å². The van der Waals surface area contributed by atoms with Gasteiger partial charge in [-0.05, 0) is 12.0 Å². The van der Waals surface area contributed by atoms with Gasteiger partial charge in [0, 0.05) is 12.6 Å². The van der Waals surface area contributed by atoms with Gasteiger partial charge >= 0.3 is 0 Å². The van der Waals surface area contributed by atoms with Crippen LogP contribution in [0, 0.1) is 0 Å². The number of rotatable bonds is 8. The summed E-state index contributed by atoms with van der Waals surface area (Å²) in [6.07, 6.45) is 0.527. The molecule has 0 aliphatic heterocycles. The lowest BCUT2D eigenvalue weighted by Crippen LogP contribution is -2.34. The van der Waals surface area contributed by atoms with Crippen molar-refractivity contribution >= 4 is 0 Å². The van der Waals surface area contributed by atoms with Crippen molar-refractivity contribution in [3.63, 3.8) is 0 Å². The van der Waals surface area contributed by atoms with Crippen molar-refractivity contribution in [2.75, 3.05) is 13.2 Å². The summed E-state index contributed by atoms with van der Waals surface area (Å²) in [5.41, 5.74) is 1.17. The van der Waals surface area contributed by atoms with E-state index in [1.165, 1.54) is 5.56 Å². The zero-order chi connectivity index (χ0) is 13.4. The molecule has 2 N–H and O–H groups in total. The van der Waals surface area contributed by atoms with Gasteiger partial charge in [-0.25, -0.2) is 0 Å². The number of aliphatic hydroxyl groups excluding tert-OH is 1. The zero-order valence-electron chi connectivity index (χ0n) is 11.6. The quantitative estimate of drug-likeness (QED) is 0.746. The van der Waals surface area contributed by atoms with Gasteiger partial charge in [0.05, 0.1) is 18.8 Å². The molecule has 0 aromatic heterocycles. The van der Waals surface area contributed by atoms with Crippen LogP contribution in [0.15, 0.2) is 30.3 Å². The van der Waals surface area contributed by atoms with E-state index in [1.54, 1.807) is 0 Å². The Morgan fingerprint density at radius 3 is 2.44 bits per heavy atom. The molecular formula is C15H25NO2. The molecule has 3 nitrogen and oxygen atoms in total. The summed E-state index contributed by atoms with van der Waals surface area (Å²) in [7, 11) is 0. The second-order valence-corrected chi connectivity index (χ2v) is 4.86. The molecule has 0 aliphatic carbocycles. The first-order chi connectivity index (χ1) is 8.63. The Morgan fingerprint density at radius 1 is 1.22 bits per heavy atom. The van der Waals surface area contributed by atoms with E-state index in [4.69, 9.17) is 4.74 Å². The molecule has 0 fully saturated rings. The Balaban J connectivity index is 2.36. The maximum absolute atomic E-state index is 9.80. The van der Waals surface area contributed by atoms with E-state index in [9.17, 15) is 5.11 Å². The molecule has 18 heavy (non-hydrogen) atoms. The molecule has 0 radical (unpaired) electrons. The van der Waals surface area contributed by atoms with E-state index in [2.05, 4.69) is 38.2 Å². The number of nitrogens with one attached hydrogen (secondary N) is 1. The number of hydrogen-bond acceptors (Lipinski definition) is 3. The van der Waals surface area contributed by atoms with Crippen molar-refractivity contribution in [3.8, 4) is 0 Å². The van der Waals surface area contributed by atoms with E-state index >= 15 is 0 Å². The predicted octanol–water partition coefficient (Wildman–Crippen LogP) is 2.51. The lowest BCUT2D eigenvalue weighted by molar-refractivity contribution is -0.0118. The molecule has 1 aromatic rings. The average molecular weight is 251 g/mol. The van der Waals surface area contributed by atoms with Gasteiger partial charge in [-0.1, -0.05) is 51.1 Å². The van der Waals surface area contributed by atoms with Crippen molar-refractivity contribution in [1.29, 1.82) is 0 Å². The lowest BCUT2D eigenvalue weighted by Gasteiger charge is -2.20. The minimum atomic E-state index is -0.454. The number of ether oxygens (including phenoxy) is 1. The molecule has 3 heteroatoms. The Morgan fingerprint density at radius 2 is 1.89 bits per heavy atom. The van der Waals surface area contributed by atoms with Gasteiger partial charge in [0.25, 0.3) is 0 Å². The minimum absolute atomic E-state index is 0.0694. The SMILES string of the molecule is CC[C@H](OC[C@@H](O)CNC(C)C)c1ccccc1. The lowest BCUT2D eigenvalue weighted by atomic mass is 10.1. The summed E-state index contributed by atoms with van der Waals surface area (Å²) in [5, 5.41) is 13.0. The first-order valence-electron chi connectivity index (χ1n) is 6.71. The Bertz CT molecular complexity index is 314. The van der Waals surface area contributed by atoms with Crippen molar-refractivity contribution < 1.29 is 9.84 Å². The van der Waals surface area contributed by atoms with E-state index < -0.39 is 6.10 Å². The van der Waals surface area contributed by atoms with Gasteiger partial charge < -0.3 is 15.2 Å². The standard InChI is InChI=1S/C15H25NO2/c1-4-15(13-8-6-5-7-9-13)18-11-14(17)10-16-12(2)3/h5-9,12,14-17H,4,10-11H2,1-3H3/t14-,15-/m0/s1. The molecule has 0 unspecified atom stereocenters. The maximum Gasteiger partial charge on any atom is 0.0898 e. The molecular weight excluding hydrogens is 226 g/mol. The Kier molecular flexibility index (Phi) is 6.94. The van der Waals surface area contributed by atoms with Gasteiger partial charge in [-0.15, -0.1) is 0 Å². The van der Waals surface area contributed by atoms with Crippen LogP contribution in [0.5, 0.6) is 0 Å². The van der Waals surface area contributed by atoms with Crippen LogP contribution in [-0.2, 0) is 4.74 Å². The third kappa shape index (κ3) is 5.63. The van der Waals surface area contributed by atoms with Crippen LogP contribution in [-0.4, -0.2) is 30.4 Å². The summed E-state index contributed by atoms with van der Waals surface area (Å²) in [4.78, 5) is 0. The topological polar surface area (TPSA) is 41.5 Å². The average Bonchev–Trinajstić information content (AvgIpc) is 2.38. The smallest absolute Gasteiger partial charge is 0.0898 e. The van der Waals surface area contributed by atoms with Gasteiger partial charge in [0.15, 0.2) is 0 Å². The Hall–Kier alpha value is -0.900. The molecule has 102 valence electrons. The predicted molar refractivity (Wildman–Crippen MR) is 74.6 cm³/mol. The van der Waals surface area contributed by atoms with Crippen molar-refractivity contribution in [2.24, 2.45) is 0 Å². The second-order valence-electron chi connectivity index (χ2n) is 4.86. The highest BCUT2D eigenvalue weighted by Crippen LogP contribution is 2.20. The molecule has 0 heterocycles. The number of benzene rings is 1. The highest BCUT2D eigenvalue weighted by atomic mass is 16.5. The second kappa shape index (κ2) is 8.25. The highest BCUT2D eigenvalue weighted by molar-refractivity contribution is 5.17. The normalized spacial score (nSPS) is 14.7. The molecule has 0 spiro atoms. The van der Waals surface area contributed by atoms with Gasteiger partial charge in [-0.3, -0.25) is 0 Å². The highest BCUT2D eigenvalue weighted by Gasteiger charge is 2.12. The minimum Gasteiger partial charge on any atom is -0.389 e. The Labute approximate surface area is 110 Å². The molecule has 0 saturated carbocycles. The van der Waals surface area contributed by atoms with Crippen LogP contribution in [0.2, 0.25) is 0 Å². The van der Waals surface area contributed by atoms with Crippen LogP contribution in [0.4, 0.5) is 0 Å². The molecule has 0 amide bonds. The molecule has 1 aromatic carbocycles. The van der Waals surface area contributed by atoms with Crippen molar-refractivity contribution in [3.05, 3.63) is 35.9 Å². The van der Waals surface area contributed by atoms with Crippen LogP contribution in [0.1, 0.15) is 38.9 Å². The largest absolute Gasteiger partial charge is 0.389 e. The number of aliphatic hydroxyl groups is 1. The molecule has 0 saturated heterocycles. The van der Waals surface area contributed by atoms with Gasteiger partial charge in [0.2, 0.25) is 0 Å². The summed E-state index contributed by atoms with van der Waals surface area (Å²) < 4.78 is 5.78. The fourth-order valence-corrected chi connectivity index (χ4v) is 1.78. The van der Waals surface area contributed by atoms with E-state index in [-0.39, 0.29) is 6.10 Å². The third-order valence-corrected chi connectivity index (χ3v) is 2.79. The molecule has 1 rings (SSSR count). The first-order valence-corrected chi connectivity index (χ1v) is 6.71. The zero-order valence-corrected chi connectivity index (χ0v) is 11.6. The van der Waals surface area contributed by atoms with Crippen molar-refractivity contribution in [2.45, 2.75) is 45.4 Å². The third-order valence-electron chi connectivity index (χ3n) is 2.79. The van der Waals surface area contributed by atoms with Gasteiger partial charge in [-0.2, -0.15) is 0 Å².